The molecule has 22 heavy (non-hydrogen) atoms. The van der Waals surface area contributed by atoms with Crippen LogP contribution in [0, 0.1) is 6.92 Å². The van der Waals surface area contributed by atoms with Crippen LogP contribution in [0.25, 0.3) is 22.3 Å². The van der Waals surface area contributed by atoms with Gasteiger partial charge in [0.25, 0.3) is 0 Å². The summed E-state index contributed by atoms with van der Waals surface area (Å²) >= 11 is 0. The maximum Gasteiger partial charge on any atom is 0.163 e. The van der Waals surface area contributed by atoms with Gasteiger partial charge in [-0.2, -0.15) is 0 Å². The Hall–Kier alpha value is -2.56. The van der Waals surface area contributed by atoms with Gasteiger partial charge in [-0.3, -0.25) is 4.98 Å². The van der Waals surface area contributed by atoms with E-state index in [2.05, 4.69) is 27.3 Å². The second-order valence-electron chi connectivity index (χ2n) is 5.42. The second kappa shape index (κ2) is 6.05. The van der Waals surface area contributed by atoms with Gasteiger partial charge in [0.1, 0.15) is 12.1 Å². The first-order valence-corrected chi connectivity index (χ1v) is 7.39. The molecule has 0 saturated heterocycles. The molecule has 0 bridgehead atoms. The van der Waals surface area contributed by atoms with Crippen molar-refractivity contribution in [3.63, 3.8) is 0 Å². The minimum Gasteiger partial charge on any atom is -0.314 e. The molecule has 5 heteroatoms. The Morgan fingerprint density at radius 1 is 1.18 bits per heavy atom. The van der Waals surface area contributed by atoms with Crippen molar-refractivity contribution in [2.45, 2.75) is 26.2 Å². The lowest BCUT2D eigenvalue weighted by atomic mass is 10.1. The summed E-state index contributed by atoms with van der Waals surface area (Å²) in [4.78, 5) is 14.9. The number of rotatable bonds is 5. The molecule has 0 saturated carbocycles. The van der Waals surface area contributed by atoms with Gasteiger partial charge in [0.2, 0.25) is 0 Å². The van der Waals surface area contributed by atoms with E-state index >= 15 is 0 Å². The first-order valence-electron chi connectivity index (χ1n) is 7.39. The van der Waals surface area contributed by atoms with Crippen molar-refractivity contribution >= 4 is 17.2 Å². The highest BCUT2D eigenvalue weighted by molar-refractivity contribution is 5.83. The molecule has 3 rings (SSSR count). The van der Waals surface area contributed by atoms with Gasteiger partial charge in [-0.1, -0.05) is 6.07 Å². The van der Waals surface area contributed by atoms with E-state index in [1.54, 1.807) is 0 Å². The van der Waals surface area contributed by atoms with E-state index in [9.17, 15) is 4.79 Å². The van der Waals surface area contributed by atoms with Crippen LogP contribution in [0.5, 0.6) is 0 Å². The Morgan fingerprint density at radius 2 is 2.05 bits per heavy atom. The molecule has 0 unspecified atom stereocenters. The number of benzene rings is 1. The second-order valence-corrected chi connectivity index (χ2v) is 5.42. The first-order chi connectivity index (χ1) is 10.7. The van der Waals surface area contributed by atoms with Gasteiger partial charge in [-0.25, -0.2) is 0 Å². The Balaban J connectivity index is 1.93. The van der Waals surface area contributed by atoms with Gasteiger partial charge >= 0.3 is 0 Å². The standard InChI is InChI=1S/C17H18N4O/c1-12-6-7-13-11-14(8-9-15(13)18-12)17-20-19-16(21(17)2)5-3-4-10-22/h6-11H,3-5H2,1-2H3. The van der Waals surface area contributed by atoms with E-state index in [0.717, 1.165) is 52.9 Å². The molecule has 0 aliphatic heterocycles. The molecule has 0 aliphatic rings. The van der Waals surface area contributed by atoms with Crippen LogP contribution >= 0.6 is 0 Å². The normalized spacial score (nSPS) is 11.0. The lowest BCUT2D eigenvalue weighted by Crippen LogP contribution is -2.00. The molecular weight excluding hydrogens is 276 g/mol. The fraction of sp³-hybridized carbons (Fsp3) is 0.294. The molecule has 2 heterocycles. The number of carbonyl (C=O) groups excluding carboxylic acids is 1. The number of fused-ring (bicyclic) bond motifs is 1. The van der Waals surface area contributed by atoms with E-state index < -0.39 is 0 Å². The zero-order chi connectivity index (χ0) is 15.5. The molecule has 112 valence electrons. The number of nitrogens with zero attached hydrogens (tertiary/aromatic N) is 4. The maximum absolute atomic E-state index is 10.4. The number of hydrogen-bond donors (Lipinski definition) is 0. The minimum absolute atomic E-state index is 0.559. The summed E-state index contributed by atoms with van der Waals surface area (Å²) in [6.45, 7) is 1.99. The van der Waals surface area contributed by atoms with Gasteiger partial charge in [0.05, 0.1) is 5.52 Å². The van der Waals surface area contributed by atoms with E-state index in [1.807, 2.05) is 36.7 Å². The number of pyridine rings is 1. The van der Waals surface area contributed by atoms with Crippen molar-refractivity contribution in [3.8, 4) is 11.4 Å². The molecule has 0 aliphatic carbocycles. The number of aryl methyl sites for hydroxylation is 2. The van der Waals surface area contributed by atoms with Crippen LogP contribution in [0.3, 0.4) is 0 Å². The number of carbonyl (C=O) groups is 1. The van der Waals surface area contributed by atoms with Crippen molar-refractivity contribution in [2.24, 2.45) is 7.05 Å². The number of unbranched alkanes of at least 4 members (excludes halogenated alkanes) is 1. The third-order valence-electron chi connectivity index (χ3n) is 3.77. The van der Waals surface area contributed by atoms with Gasteiger partial charge < -0.3 is 9.36 Å². The van der Waals surface area contributed by atoms with Crippen LogP contribution < -0.4 is 0 Å². The lowest BCUT2D eigenvalue weighted by Gasteiger charge is -2.05. The fourth-order valence-corrected chi connectivity index (χ4v) is 2.54. The summed E-state index contributed by atoms with van der Waals surface area (Å²) in [6, 6.07) is 10.2. The zero-order valence-corrected chi connectivity index (χ0v) is 12.8. The quantitative estimate of drug-likeness (QED) is 0.536. The largest absolute Gasteiger partial charge is 0.314 e. The summed E-state index contributed by atoms with van der Waals surface area (Å²) in [7, 11) is 1.96. The van der Waals surface area contributed by atoms with E-state index in [4.69, 9.17) is 0 Å². The summed E-state index contributed by atoms with van der Waals surface area (Å²) in [5.74, 6) is 1.74. The van der Waals surface area contributed by atoms with Crippen LogP contribution in [0.4, 0.5) is 0 Å². The monoisotopic (exact) mass is 294 g/mol. The number of aldehydes is 1. The molecule has 0 radical (unpaired) electrons. The number of hydrogen-bond acceptors (Lipinski definition) is 4. The van der Waals surface area contributed by atoms with Crippen LogP contribution in [0.15, 0.2) is 30.3 Å². The summed E-state index contributed by atoms with van der Waals surface area (Å²) in [5, 5.41) is 9.62. The Kier molecular flexibility index (Phi) is 3.96. The molecule has 3 aromatic rings. The molecule has 0 amide bonds. The van der Waals surface area contributed by atoms with Crippen LogP contribution in [0.1, 0.15) is 24.4 Å². The van der Waals surface area contributed by atoms with E-state index in [0.29, 0.717) is 6.42 Å². The highest BCUT2D eigenvalue weighted by Gasteiger charge is 2.11. The van der Waals surface area contributed by atoms with Gasteiger partial charge in [-0.05, 0) is 37.6 Å². The van der Waals surface area contributed by atoms with Crippen LogP contribution in [0.2, 0.25) is 0 Å². The average molecular weight is 294 g/mol. The Bertz CT molecular complexity index is 823. The third-order valence-corrected chi connectivity index (χ3v) is 3.77. The highest BCUT2D eigenvalue weighted by Crippen LogP contribution is 2.23. The van der Waals surface area contributed by atoms with E-state index in [1.165, 1.54) is 0 Å². The van der Waals surface area contributed by atoms with Gasteiger partial charge in [-0.15, -0.1) is 10.2 Å². The van der Waals surface area contributed by atoms with Crippen molar-refractivity contribution < 1.29 is 4.79 Å². The average Bonchev–Trinajstić information content (AvgIpc) is 2.88. The van der Waals surface area contributed by atoms with Gasteiger partial charge in [0, 0.05) is 36.5 Å². The summed E-state index contributed by atoms with van der Waals surface area (Å²) < 4.78 is 1.99. The summed E-state index contributed by atoms with van der Waals surface area (Å²) in [5.41, 5.74) is 3.02. The molecule has 1 aromatic carbocycles. The maximum atomic E-state index is 10.4. The van der Waals surface area contributed by atoms with Crippen LogP contribution in [-0.4, -0.2) is 26.0 Å². The lowest BCUT2D eigenvalue weighted by molar-refractivity contribution is -0.107. The third kappa shape index (κ3) is 2.74. The Labute approximate surface area is 129 Å². The SMILES string of the molecule is Cc1ccc2cc(-c3nnc(CCCC=O)n3C)ccc2n1. The van der Waals surface area contributed by atoms with E-state index in [-0.39, 0.29) is 0 Å². The zero-order valence-electron chi connectivity index (χ0n) is 12.8. The highest BCUT2D eigenvalue weighted by atomic mass is 16.1. The van der Waals surface area contributed by atoms with Crippen molar-refractivity contribution in [1.82, 2.24) is 19.7 Å². The molecule has 0 N–H and O–H groups in total. The predicted octanol–water partition coefficient (Wildman–Crippen LogP) is 2.86. The van der Waals surface area contributed by atoms with Crippen molar-refractivity contribution in [3.05, 3.63) is 41.9 Å². The minimum atomic E-state index is 0.559. The molecular formula is C17H18N4O. The van der Waals surface area contributed by atoms with Crippen LogP contribution in [-0.2, 0) is 18.3 Å². The number of aromatic nitrogens is 4. The molecule has 0 atom stereocenters. The smallest absolute Gasteiger partial charge is 0.163 e. The topological polar surface area (TPSA) is 60.7 Å². The summed E-state index contributed by atoms with van der Waals surface area (Å²) in [6.07, 6.45) is 3.06. The molecule has 5 nitrogen and oxygen atoms in total. The molecule has 0 spiro atoms. The molecule has 2 aromatic heterocycles. The fourth-order valence-electron chi connectivity index (χ4n) is 2.54. The first kappa shape index (κ1) is 14.4. The van der Waals surface area contributed by atoms with Gasteiger partial charge in [0.15, 0.2) is 5.82 Å². The Morgan fingerprint density at radius 3 is 2.86 bits per heavy atom. The predicted molar refractivity (Wildman–Crippen MR) is 85.5 cm³/mol. The molecule has 0 fully saturated rings. The van der Waals surface area contributed by atoms with Crippen molar-refractivity contribution in [1.29, 1.82) is 0 Å². The van der Waals surface area contributed by atoms with Crippen molar-refractivity contribution in [2.75, 3.05) is 0 Å².